The Morgan fingerprint density at radius 2 is 2.11 bits per heavy atom. The molecule has 104 valence electrons. The zero-order valence-corrected chi connectivity index (χ0v) is 11.7. The first-order chi connectivity index (χ1) is 8.71. The summed E-state index contributed by atoms with van der Waals surface area (Å²) in [6.45, 7) is 10.2. The zero-order chi connectivity index (χ0) is 13.8. The molecule has 2 spiro atoms. The van der Waals surface area contributed by atoms with Crippen LogP contribution in [0.25, 0.3) is 0 Å². The minimum absolute atomic E-state index is 0.0699. The molecule has 4 aliphatic rings. The minimum Gasteiger partial charge on any atom is -0.449 e. The summed E-state index contributed by atoms with van der Waals surface area (Å²) in [7, 11) is 0. The second-order valence-electron chi connectivity index (χ2n) is 7.45. The highest BCUT2D eigenvalue weighted by atomic mass is 16.7. The number of epoxide rings is 1. The van der Waals surface area contributed by atoms with Crippen molar-refractivity contribution < 1.29 is 19.4 Å². The van der Waals surface area contributed by atoms with Gasteiger partial charge < -0.3 is 14.6 Å². The van der Waals surface area contributed by atoms with E-state index in [1.54, 1.807) is 0 Å². The smallest absolute Gasteiger partial charge is 0.337 e. The summed E-state index contributed by atoms with van der Waals surface area (Å²) in [6, 6.07) is 0. The Morgan fingerprint density at radius 3 is 2.74 bits per heavy atom. The second-order valence-corrected chi connectivity index (χ2v) is 7.45. The largest absolute Gasteiger partial charge is 0.449 e. The van der Waals surface area contributed by atoms with E-state index in [9.17, 15) is 9.90 Å². The van der Waals surface area contributed by atoms with Gasteiger partial charge in [0.05, 0.1) is 11.7 Å². The van der Waals surface area contributed by atoms with Crippen LogP contribution >= 0.6 is 0 Å². The molecule has 0 bridgehead atoms. The van der Waals surface area contributed by atoms with Gasteiger partial charge >= 0.3 is 5.97 Å². The SMILES string of the molecule is C=C1C(=O)O[C@]23CC(C)(C)[C@H]4O[C@]42[C@H](C)CC[C@]13O. The fourth-order valence-corrected chi connectivity index (χ4v) is 5.15. The van der Waals surface area contributed by atoms with E-state index in [4.69, 9.17) is 9.47 Å². The van der Waals surface area contributed by atoms with Crippen LogP contribution in [-0.2, 0) is 14.3 Å². The van der Waals surface area contributed by atoms with Crippen molar-refractivity contribution in [2.45, 2.75) is 62.9 Å². The van der Waals surface area contributed by atoms with E-state index in [-0.39, 0.29) is 17.1 Å². The van der Waals surface area contributed by atoms with Gasteiger partial charge in [0, 0.05) is 6.42 Å². The van der Waals surface area contributed by atoms with Crippen molar-refractivity contribution in [2.24, 2.45) is 11.3 Å². The maximum absolute atomic E-state index is 12.0. The van der Waals surface area contributed by atoms with Crippen molar-refractivity contribution in [3.05, 3.63) is 12.2 Å². The van der Waals surface area contributed by atoms with Crippen LogP contribution in [-0.4, -0.2) is 34.0 Å². The molecule has 4 fully saturated rings. The molecule has 2 saturated carbocycles. The van der Waals surface area contributed by atoms with Crippen LogP contribution in [0.1, 0.15) is 40.0 Å². The molecule has 2 heterocycles. The first-order valence-electron chi connectivity index (χ1n) is 7.04. The van der Waals surface area contributed by atoms with Crippen molar-refractivity contribution in [1.82, 2.24) is 0 Å². The summed E-state index contributed by atoms with van der Waals surface area (Å²) < 4.78 is 11.8. The van der Waals surface area contributed by atoms with Crippen molar-refractivity contribution in [3.8, 4) is 0 Å². The van der Waals surface area contributed by atoms with Crippen LogP contribution in [0.4, 0.5) is 0 Å². The van der Waals surface area contributed by atoms with E-state index >= 15 is 0 Å². The van der Waals surface area contributed by atoms with Gasteiger partial charge in [0.25, 0.3) is 0 Å². The van der Waals surface area contributed by atoms with Crippen molar-refractivity contribution in [1.29, 1.82) is 0 Å². The standard InChI is InChI=1S/C15H20O4/c1-8-5-6-13(17)9(2)10(16)18-14(13)7-12(3,4)11-15(8,14)19-11/h8,11,17H,2,5-7H2,1,3-4H3/t8-,11-,13+,14+,15-/m1/s1. The van der Waals surface area contributed by atoms with Gasteiger partial charge in [-0.25, -0.2) is 4.79 Å². The van der Waals surface area contributed by atoms with E-state index in [2.05, 4.69) is 27.4 Å². The number of hydrogen-bond acceptors (Lipinski definition) is 4. The van der Waals surface area contributed by atoms with E-state index in [1.807, 2.05) is 0 Å². The Morgan fingerprint density at radius 1 is 1.42 bits per heavy atom. The van der Waals surface area contributed by atoms with Gasteiger partial charge in [0.2, 0.25) is 0 Å². The first kappa shape index (κ1) is 11.9. The van der Waals surface area contributed by atoms with Crippen LogP contribution in [0.3, 0.4) is 0 Å². The van der Waals surface area contributed by atoms with Gasteiger partial charge in [-0.1, -0.05) is 27.4 Å². The fraction of sp³-hybridized carbons (Fsp3) is 0.800. The van der Waals surface area contributed by atoms with Crippen LogP contribution in [0.5, 0.6) is 0 Å². The molecule has 2 saturated heterocycles. The molecule has 0 aromatic rings. The summed E-state index contributed by atoms with van der Waals surface area (Å²) in [4.78, 5) is 12.0. The summed E-state index contributed by atoms with van der Waals surface area (Å²) in [5, 5.41) is 11.1. The summed E-state index contributed by atoms with van der Waals surface area (Å²) in [5.41, 5.74) is -2.54. The zero-order valence-electron chi connectivity index (χ0n) is 11.7. The highest BCUT2D eigenvalue weighted by molar-refractivity contribution is 5.94. The first-order valence-corrected chi connectivity index (χ1v) is 7.04. The molecule has 0 amide bonds. The predicted octanol–water partition coefficient (Wildman–Crippen LogP) is 1.57. The van der Waals surface area contributed by atoms with Crippen molar-refractivity contribution in [2.75, 3.05) is 0 Å². The van der Waals surface area contributed by atoms with E-state index in [0.29, 0.717) is 18.8 Å². The molecule has 2 aliphatic heterocycles. The fourth-order valence-electron chi connectivity index (χ4n) is 5.15. The third-order valence-corrected chi connectivity index (χ3v) is 6.04. The average molecular weight is 264 g/mol. The van der Waals surface area contributed by atoms with Gasteiger partial charge in [0.1, 0.15) is 11.2 Å². The van der Waals surface area contributed by atoms with E-state index < -0.39 is 22.8 Å². The Kier molecular flexibility index (Phi) is 1.74. The van der Waals surface area contributed by atoms with Gasteiger partial charge in [-0.2, -0.15) is 0 Å². The number of carbonyl (C=O) groups is 1. The Labute approximate surface area is 112 Å². The Hall–Kier alpha value is -0.870. The quantitative estimate of drug-likeness (QED) is 0.410. The third kappa shape index (κ3) is 0.924. The highest BCUT2D eigenvalue weighted by Gasteiger charge is 2.90. The number of aliphatic hydroxyl groups is 1. The molecule has 0 aromatic heterocycles. The highest BCUT2D eigenvalue weighted by Crippen LogP contribution is 2.75. The molecule has 0 unspecified atom stereocenters. The maximum Gasteiger partial charge on any atom is 0.337 e. The molecule has 5 atom stereocenters. The summed E-state index contributed by atoms with van der Waals surface area (Å²) in [6.07, 6.45) is 2.09. The average Bonchev–Trinajstić information content (AvgIpc) is 3.00. The Balaban J connectivity index is 1.96. The summed E-state index contributed by atoms with van der Waals surface area (Å²) >= 11 is 0. The molecule has 4 heteroatoms. The topological polar surface area (TPSA) is 59.1 Å². The lowest BCUT2D eigenvalue weighted by molar-refractivity contribution is -0.203. The van der Waals surface area contributed by atoms with Crippen LogP contribution in [0.2, 0.25) is 0 Å². The van der Waals surface area contributed by atoms with Crippen molar-refractivity contribution in [3.63, 3.8) is 0 Å². The van der Waals surface area contributed by atoms with E-state index in [1.165, 1.54) is 0 Å². The number of carbonyl (C=O) groups excluding carboxylic acids is 1. The predicted molar refractivity (Wildman–Crippen MR) is 67.3 cm³/mol. The van der Waals surface area contributed by atoms with Gasteiger partial charge in [-0.15, -0.1) is 0 Å². The molecule has 0 radical (unpaired) electrons. The molecule has 1 N–H and O–H groups in total. The van der Waals surface area contributed by atoms with Crippen molar-refractivity contribution >= 4 is 5.97 Å². The monoisotopic (exact) mass is 264 g/mol. The Bertz CT molecular complexity index is 524. The van der Waals surface area contributed by atoms with Gasteiger partial charge in [-0.05, 0) is 24.2 Å². The summed E-state index contributed by atoms with van der Waals surface area (Å²) in [5.74, 6) is -0.166. The third-order valence-electron chi connectivity index (χ3n) is 6.04. The number of esters is 1. The second kappa shape index (κ2) is 2.77. The number of ether oxygens (including phenoxy) is 2. The molecule has 2 aliphatic carbocycles. The van der Waals surface area contributed by atoms with Crippen LogP contribution in [0.15, 0.2) is 12.2 Å². The molecule has 4 nitrogen and oxygen atoms in total. The van der Waals surface area contributed by atoms with E-state index in [0.717, 1.165) is 6.42 Å². The lowest BCUT2D eigenvalue weighted by Crippen LogP contribution is -2.64. The number of hydrogen-bond donors (Lipinski definition) is 1. The van der Waals surface area contributed by atoms with Crippen LogP contribution in [0, 0.1) is 11.3 Å². The minimum atomic E-state index is -1.25. The lowest BCUT2D eigenvalue weighted by Gasteiger charge is -2.49. The van der Waals surface area contributed by atoms with Gasteiger partial charge in [-0.3, -0.25) is 0 Å². The molecular weight excluding hydrogens is 244 g/mol. The molecule has 19 heavy (non-hydrogen) atoms. The lowest BCUT2D eigenvalue weighted by atomic mass is 9.61. The molecule has 4 rings (SSSR count). The normalized spacial score (nSPS) is 57.3. The molecular formula is C15H20O4. The van der Waals surface area contributed by atoms with Gasteiger partial charge in [0.15, 0.2) is 5.60 Å². The molecule has 0 aromatic carbocycles. The maximum atomic E-state index is 12.0. The van der Waals surface area contributed by atoms with Crippen LogP contribution < -0.4 is 0 Å². The number of rotatable bonds is 0.